The second-order valence-corrected chi connectivity index (χ2v) is 6.05. The Bertz CT molecular complexity index is 1000. The number of nitrogens with one attached hydrogen (secondary N) is 1. The van der Waals surface area contributed by atoms with Gasteiger partial charge >= 0.3 is 6.18 Å². The maximum atomic E-state index is 12.9. The van der Waals surface area contributed by atoms with Crippen molar-refractivity contribution in [3.05, 3.63) is 74.3 Å². The summed E-state index contributed by atoms with van der Waals surface area (Å²) in [5, 5.41) is 2.82. The third-order valence-electron chi connectivity index (χ3n) is 3.42. The van der Waals surface area contributed by atoms with Crippen LogP contribution in [0.25, 0.3) is 5.65 Å². The first kappa shape index (κ1) is 17.6. The third-order valence-corrected chi connectivity index (χ3v) is 3.98. The van der Waals surface area contributed by atoms with Crippen LogP contribution in [0.1, 0.15) is 11.3 Å². The van der Waals surface area contributed by atoms with Crippen molar-refractivity contribution in [2.45, 2.75) is 12.7 Å². The quantitative estimate of drug-likeness (QED) is 0.712. The zero-order chi connectivity index (χ0) is 18.2. The zero-order valence-corrected chi connectivity index (χ0v) is 14.0. The Kier molecular flexibility index (Phi) is 4.62. The average Bonchev–Trinajstić information content (AvgIpc) is 2.54. The Hall–Kier alpha value is -2.25. The fraction of sp³-hybridized carbons (Fsp3) is 0.125. The van der Waals surface area contributed by atoms with E-state index in [2.05, 4.69) is 10.3 Å². The van der Waals surface area contributed by atoms with Gasteiger partial charge in [-0.1, -0.05) is 23.2 Å². The molecule has 0 aliphatic rings. The van der Waals surface area contributed by atoms with Gasteiger partial charge in [0.1, 0.15) is 5.65 Å². The number of hydrogen-bond acceptors (Lipinski definition) is 3. The number of nitrogens with zero attached hydrogens (tertiary/aromatic N) is 2. The van der Waals surface area contributed by atoms with E-state index in [1.165, 1.54) is 22.7 Å². The van der Waals surface area contributed by atoms with Crippen molar-refractivity contribution < 1.29 is 13.2 Å². The van der Waals surface area contributed by atoms with E-state index in [0.29, 0.717) is 16.4 Å². The monoisotopic (exact) mass is 387 g/mol. The number of fused-ring (bicyclic) bond motifs is 1. The van der Waals surface area contributed by atoms with Crippen LogP contribution in [-0.4, -0.2) is 9.38 Å². The summed E-state index contributed by atoms with van der Waals surface area (Å²) in [6, 6.07) is 7.96. The number of aromatic nitrogens is 2. The van der Waals surface area contributed by atoms with Gasteiger partial charge in [-0.25, -0.2) is 4.98 Å². The van der Waals surface area contributed by atoms with Gasteiger partial charge < -0.3 is 5.32 Å². The highest BCUT2D eigenvalue weighted by Crippen LogP contribution is 2.36. The summed E-state index contributed by atoms with van der Waals surface area (Å²) in [4.78, 5) is 16.3. The van der Waals surface area contributed by atoms with Crippen molar-refractivity contribution in [2.24, 2.45) is 0 Å². The molecule has 25 heavy (non-hydrogen) atoms. The molecule has 1 N–H and O–H groups in total. The van der Waals surface area contributed by atoms with E-state index in [4.69, 9.17) is 23.2 Å². The predicted octanol–water partition coefficient (Wildman–Crippen LogP) is 4.63. The molecule has 0 radical (unpaired) electrons. The predicted molar refractivity (Wildman–Crippen MR) is 90.3 cm³/mol. The molecule has 2 heterocycles. The van der Waals surface area contributed by atoms with Gasteiger partial charge in [0.05, 0.1) is 27.8 Å². The smallest absolute Gasteiger partial charge is 0.379 e. The van der Waals surface area contributed by atoms with Gasteiger partial charge in [-0.2, -0.15) is 13.2 Å². The van der Waals surface area contributed by atoms with Crippen molar-refractivity contribution in [1.82, 2.24) is 9.38 Å². The molecule has 9 heteroatoms. The van der Waals surface area contributed by atoms with Crippen molar-refractivity contribution in [1.29, 1.82) is 0 Å². The number of benzene rings is 1. The minimum absolute atomic E-state index is 0.0767. The Morgan fingerprint density at radius 3 is 2.60 bits per heavy atom. The maximum absolute atomic E-state index is 12.9. The molecule has 0 atom stereocenters. The van der Waals surface area contributed by atoms with E-state index >= 15 is 0 Å². The number of hydrogen-bond donors (Lipinski definition) is 1. The molecule has 2 aromatic heterocycles. The van der Waals surface area contributed by atoms with E-state index in [0.717, 1.165) is 12.1 Å². The molecule has 0 bridgehead atoms. The van der Waals surface area contributed by atoms with Crippen LogP contribution in [0.4, 0.5) is 18.9 Å². The minimum Gasteiger partial charge on any atom is -0.379 e. The van der Waals surface area contributed by atoms with Crippen LogP contribution >= 0.6 is 23.2 Å². The van der Waals surface area contributed by atoms with Crippen LogP contribution in [0.15, 0.2) is 47.4 Å². The van der Waals surface area contributed by atoms with Gasteiger partial charge in [0.2, 0.25) is 0 Å². The fourth-order valence-corrected chi connectivity index (χ4v) is 2.65. The Balaban J connectivity index is 1.86. The van der Waals surface area contributed by atoms with Crippen molar-refractivity contribution in [2.75, 3.05) is 5.32 Å². The maximum Gasteiger partial charge on any atom is 0.417 e. The third kappa shape index (κ3) is 3.88. The molecule has 0 spiro atoms. The lowest BCUT2D eigenvalue weighted by atomic mass is 10.2. The van der Waals surface area contributed by atoms with Crippen molar-refractivity contribution >= 4 is 34.5 Å². The van der Waals surface area contributed by atoms with Gasteiger partial charge in [0.25, 0.3) is 5.56 Å². The van der Waals surface area contributed by atoms with E-state index in [9.17, 15) is 18.0 Å². The summed E-state index contributed by atoms with van der Waals surface area (Å²) >= 11 is 11.4. The number of rotatable bonds is 3. The van der Waals surface area contributed by atoms with Crippen LogP contribution in [0.2, 0.25) is 10.0 Å². The molecular formula is C16H10Cl2F3N3O. The molecule has 1 aromatic carbocycles. The lowest BCUT2D eigenvalue weighted by Gasteiger charge is -2.12. The number of pyridine rings is 1. The van der Waals surface area contributed by atoms with Gasteiger partial charge in [0, 0.05) is 18.0 Å². The molecule has 0 fully saturated rings. The second-order valence-electron chi connectivity index (χ2n) is 5.21. The highest BCUT2D eigenvalue weighted by atomic mass is 35.5. The Morgan fingerprint density at radius 2 is 1.88 bits per heavy atom. The normalized spacial score (nSPS) is 11.7. The summed E-state index contributed by atoms with van der Waals surface area (Å²) in [6.45, 7) is 0.0767. The van der Waals surface area contributed by atoms with Crippen molar-refractivity contribution in [3.8, 4) is 0 Å². The average molecular weight is 388 g/mol. The molecule has 0 saturated carbocycles. The minimum atomic E-state index is -4.55. The van der Waals surface area contributed by atoms with Gasteiger partial charge in [-0.15, -0.1) is 0 Å². The van der Waals surface area contributed by atoms with Crippen molar-refractivity contribution in [3.63, 3.8) is 0 Å². The van der Waals surface area contributed by atoms with E-state index in [-0.39, 0.29) is 22.8 Å². The highest BCUT2D eigenvalue weighted by molar-refractivity contribution is 6.31. The molecule has 3 rings (SSSR count). The van der Waals surface area contributed by atoms with Crippen LogP contribution < -0.4 is 10.9 Å². The Morgan fingerprint density at radius 1 is 1.12 bits per heavy atom. The largest absolute Gasteiger partial charge is 0.417 e. The summed E-state index contributed by atoms with van der Waals surface area (Å²) in [5.74, 6) is 0. The molecule has 130 valence electrons. The molecule has 0 aliphatic heterocycles. The molecule has 0 amide bonds. The standard InChI is InChI=1S/C16H10Cl2F3N3O/c17-9-1-4-14-23-11(6-15(25)24(14)8-9)7-22-10-2-3-13(18)12(5-10)16(19,20)21/h1-6,8,22H,7H2. The SMILES string of the molecule is O=c1cc(CNc2ccc(Cl)c(C(F)(F)F)c2)nc2ccc(Cl)cn12. The van der Waals surface area contributed by atoms with E-state index < -0.39 is 11.7 Å². The second kappa shape index (κ2) is 6.57. The molecule has 3 aromatic rings. The number of halogens is 5. The first-order chi connectivity index (χ1) is 11.7. The molecule has 0 saturated heterocycles. The molecule has 0 aliphatic carbocycles. The molecule has 4 nitrogen and oxygen atoms in total. The van der Waals surface area contributed by atoms with Crippen LogP contribution in [-0.2, 0) is 12.7 Å². The highest BCUT2D eigenvalue weighted by Gasteiger charge is 2.33. The lowest BCUT2D eigenvalue weighted by Crippen LogP contribution is -2.16. The van der Waals surface area contributed by atoms with E-state index in [1.54, 1.807) is 12.1 Å². The topological polar surface area (TPSA) is 46.4 Å². The molecule has 0 unspecified atom stereocenters. The summed E-state index contributed by atoms with van der Waals surface area (Å²) in [6.07, 6.45) is -3.10. The van der Waals surface area contributed by atoms with Crippen LogP contribution in [0, 0.1) is 0 Å². The number of anilines is 1. The first-order valence-electron chi connectivity index (χ1n) is 7.02. The lowest BCUT2D eigenvalue weighted by molar-refractivity contribution is -0.137. The fourth-order valence-electron chi connectivity index (χ4n) is 2.26. The number of alkyl halides is 3. The first-order valence-corrected chi connectivity index (χ1v) is 7.78. The van der Waals surface area contributed by atoms with Gasteiger partial charge in [-0.05, 0) is 30.3 Å². The molecular weight excluding hydrogens is 378 g/mol. The van der Waals surface area contributed by atoms with Crippen LogP contribution in [0.5, 0.6) is 0 Å². The van der Waals surface area contributed by atoms with E-state index in [1.807, 2.05) is 0 Å². The summed E-state index contributed by atoms with van der Waals surface area (Å²) in [7, 11) is 0. The van der Waals surface area contributed by atoms with Crippen LogP contribution in [0.3, 0.4) is 0 Å². The van der Waals surface area contributed by atoms with Gasteiger partial charge in [-0.3, -0.25) is 9.20 Å². The zero-order valence-electron chi connectivity index (χ0n) is 12.4. The summed E-state index contributed by atoms with van der Waals surface area (Å²) < 4.78 is 39.9. The van der Waals surface area contributed by atoms with Gasteiger partial charge in [0.15, 0.2) is 0 Å². The summed E-state index contributed by atoms with van der Waals surface area (Å²) in [5.41, 5.74) is -0.275. The Labute approximate surface area is 149 Å².